The molecule has 8 heteroatoms. The number of fused-ring (bicyclic) bond motifs is 1. The molecule has 0 atom stereocenters. The minimum atomic E-state index is -3.89. The van der Waals surface area contributed by atoms with Crippen molar-refractivity contribution in [3.8, 4) is 0 Å². The smallest absolute Gasteiger partial charge is 0.289 e. The Kier molecular flexibility index (Phi) is 8.11. The number of rotatable bonds is 12. The minimum absolute atomic E-state index is 0.263. The van der Waals surface area contributed by atoms with Crippen LogP contribution < -0.4 is 10.0 Å². The number of hydrogen-bond donors (Lipinski definition) is 2. The Balaban J connectivity index is 1.31. The first-order valence-electron chi connectivity index (χ1n) is 10.4. The van der Waals surface area contributed by atoms with E-state index in [0.29, 0.717) is 6.42 Å². The Labute approximate surface area is 182 Å². The van der Waals surface area contributed by atoms with Gasteiger partial charge in [0.1, 0.15) is 0 Å². The van der Waals surface area contributed by atoms with Gasteiger partial charge in [0.2, 0.25) is 10.0 Å². The van der Waals surface area contributed by atoms with E-state index < -0.39 is 20.6 Å². The predicted octanol–water partition coefficient (Wildman–Crippen LogP) is 4.38. The molecule has 0 bridgehead atoms. The van der Waals surface area contributed by atoms with Gasteiger partial charge in [-0.05, 0) is 47.9 Å². The number of nitro groups is 1. The minimum Gasteiger partial charge on any atom is -0.313 e. The van der Waals surface area contributed by atoms with E-state index in [9.17, 15) is 18.5 Å². The fraction of sp³-hybridized carbons (Fsp3) is 0.304. The average molecular weight is 442 g/mol. The van der Waals surface area contributed by atoms with E-state index in [1.54, 1.807) is 0 Å². The van der Waals surface area contributed by atoms with Crippen LogP contribution in [0.15, 0.2) is 71.6 Å². The molecular weight excluding hydrogens is 414 g/mol. The van der Waals surface area contributed by atoms with Crippen LogP contribution in [0.25, 0.3) is 10.8 Å². The number of para-hydroxylation sites is 1. The first-order valence-corrected chi connectivity index (χ1v) is 11.9. The molecule has 0 aliphatic carbocycles. The summed E-state index contributed by atoms with van der Waals surface area (Å²) in [4.78, 5) is 10.1. The van der Waals surface area contributed by atoms with Crippen molar-refractivity contribution in [2.24, 2.45) is 0 Å². The third-order valence-corrected chi connectivity index (χ3v) is 6.58. The van der Waals surface area contributed by atoms with Crippen molar-refractivity contribution in [3.05, 3.63) is 82.4 Å². The Morgan fingerprint density at radius 1 is 0.806 bits per heavy atom. The summed E-state index contributed by atoms with van der Waals surface area (Å²) in [5, 5.41) is 17.0. The predicted molar refractivity (Wildman–Crippen MR) is 122 cm³/mol. The van der Waals surface area contributed by atoms with Crippen LogP contribution in [0.4, 0.5) is 5.69 Å². The van der Waals surface area contributed by atoms with Gasteiger partial charge in [-0.2, -0.15) is 0 Å². The van der Waals surface area contributed by atoms with Crippen LogP contribution in [-0.4, -0.2) is 26.4 Å². The summed E-state index contributed by atoms with van der Waals surface area (Å²) in [6.45, 7) is 1.98. The molecule has 7 nitrogen and oxygen atoms in total. The number of nitrogens with zero attached hydrogens (tertiary/aromatic N) is 1. The van der Waals surface area contributed by atoms with E-state index in [4.69, 9.17) is 0 Å². The lowest BCUT2D eigenvalue weighted by Gasteiger charge is -2.08. The molecule has 0 amide bonds. The first kappa shape index (κ1) is 22.9. The standard InChI is InChI=1S/C23H27N3O4S/c27-26(28)22-11-5-6-12-23(22)31(29,30)25-16-8-2-1-7-15-24-18-19-13-14-20-9-3-4-10-21(20)17-19/h3-6,9-14,17,24-25H,1-2,7-8,15-16,18H2. The maximum Gasteiger partial charge on any atom is 0.289 e. The van der Waals surface area contributed by atoms with Gasteiger partial charge in [-0.25, -0.2) is 13.1 Å². The van der Waals surface area contributed by atoms with Crippen LogP contribution in [0.1, 0.15) is 31.2 Å². The lowest BCUT2D eigenvalue weighted by atomic mass is 10.1. The summed E-state index contributed by atoms with van der Waals surface area (Å²) in [6.07, 6.45) is 3.56. The zero-order valence-electron chi connectivity index (χ0n) is 17.3. The molecule has 0 unspecified atom stereocenters. The molecule has 2 N–H and O–H groups in total. The normalized spacial score (nSPS) is 11.6. The number of nitro benzene ring substituents is 1. The lowest BCUT2D eigenvalue weighted by Crippen LogP contribution is -2.25. The highest BCUT2D eigenvalue weighted by molar-refractivity contribution is 7.89. The van der Waals surface area contributed by atoms with Crippen LogP contribution in [0, 0.1) is 10.1 Å². The van der Waals surface area contributed by atoms with Crippen molar-refractivity contribution >= 4 is 26.5 Å². The topological polar surface area (TPSA) is 101 Å². The van der Waals surface area contributed by atoms with Crippen molar-refractivity contribution in [1.82, 2.24) is 10.0 Å². The number of sulfonamides is 1. The number of hydrogen-bond acceptors (Lipinski definition) is 5. The fourth-order valence-corrected chi connectivity index (χ4v) is 4.67. The first-order chi connectivity index (χ1) is 15.0. The third kappa shape index (κ3) is 6.58. The van der Waals surface area contributed by atoms with Gasteiger partial charge in [-0.1, -0.05) is 61.4 Å². The van der Waals surface area contributed by atoms with Crippen molar-refractivity contribution in [2.75, 3.05) is 13.1 Å². The van der Waals surface area contributed by atoms with Gasteiger partial charge in [0.15, 0.2) is 4.90 Å². The van der Waals surface area contributed by atoms with Gasteiger partial charge in [0.05, 0.1) is 4.92 Å². The van der Waals surface area contributed by atoms with E-state index in [1.807, 2.05) is 12.1 Å². The molecule has 3 rings (SSSR count). The molecule has 0 aliphatic heterocycles. The monoisotopic (exact) mass is 441 g/mol. The highest BCUT2D eigenvalue weighted by Gasteiger charge is 2.24. The summed E-state index contributed by atoms with van der Waals surface area (Å²) in [5.74, 6) is 0. The number of unbranched alkanes of at least 4 members (excludes halogenated alkanes) is 3. The van der Waals surface area contributed by atoms with Crippen molar-refractivity contribution in [3.63, 3.8) is 0 Å². The molecule has 0 saturated heterocycles. The van der Waals surface area contributed by atoms with Gasteiger partial charge >= 0.3 is 0 Å². The van der Waals surface area contributed by atoms with Gasteiger partial charge in [-0.15, -0.1) is 0 Å². The van der Waals surface area contributed by atoms with Crippen LogP contribution in [0.2, 0.25) is 0 Å². The Morgan fingerprint density at radius 2 is 1.48 bits per heavy atom. The summed E-state index contributed by atoms with van der Waals surface area (Å²) >= 11 is 0. The Morgan fingerprint density at radius 3 is 2.26 bits per heavy atom. The second-order valence-corrected chi connectivity index (χ2v) is 9.13. The fourth-order valence-electron chi connectivity index (χ4n) is 3.43. The van der Waals surface area contributed by atoms with E-state index in [1.165, 1.54) is 40.6 Å². The second-order valence-electron chi connectivity index (χ2n) is 7.40. The Hall–Kier alpha value is -2.81. The van der Waals surface area contributed by atoms with Crippen molar-refractivity contribution in [1.29, 1.82) is 0 Å². The third-order valence-electron chi connectivity index (χ3n) is 5.07. The molecule has 0 aliphatic rings. The lowest BCUT2D eigenvalue weighted by molar-refractivity contribution is -0.387. The van der Waals surface area contributed by atoms with E-state index in [2.05, 4.69) is 40.4 Å². The van der Waals surface area contributed by atoms with E-state index in [0.717, 1.165) is 32.4 Å². The molecule has 164 valence electrons. The summed E-state index contributed by atoms with van der Waals surface area (Å²) < 4.78 is 27.1. The number of nitrogens with one attached hydrogen (secondary N) is 2. The summed E-state index contributed by atoms with van der Waals surface area (Å²) in [5.41, 5.74) is 0.843. The molecule has 3 aromatic rings. The average Bonchev–Trinajstić information content (AvgIpc) is 2.77. The highest BCUT2D eigenvalue weighted by Crippen LogP contribution is 2.22. The van der Waals surface area contributed by atoms with Gasteiger partial charge in [0, 0.05) is 19.2 Å². The van der Waals surface area contributed by atoms with Gasteiger partial charge < -0.3 is 5.32 Å². The van der Waals surface area contributed by atoms with Crippen molar-refractivity contribution in [2.45, 2.75) is 37.1 Å². The highest BCUT2D eigenvalue weighted by atomic mass is 32.2. The molecule has 0 aromatic heterocycles. The molecule has 3 aromatic carbocycles. The van der Waals surface area contributed by atoms with Crippen molar-refractivity contribution < 1.29 is 13.3 Å². The molecule has 0 heterocycles. The van der Waals surface area contributed by atoms with Crippen LogP contribution in [-0.2, 0) is 16.6 Å². The van der Waals surface area contributed by atoms with Crippen LogP contribution >= 0.6 is 0 Å². The van der Waals surface area contributed by atoms with Crippen LogP contribution in [0.3, 0.4) is 0 Å². The second kappa shape index (κ2) is 11.0. The Bertz CT molecular complexity index is 1130. The maximum atomic E-state index is 12.3. The molecule has 31 heavy (non-hydrogen) atoms. The van der Waals surface area contributed by atoms with Gasteiger partial charge in [0.25, 0.3) is 5.69 Å². The zero-order valence-corrected chi connectivity index (χ0v) is 18.1. The zero-order chi connectivity index (χ0) is 22.1. The summed E-state index contributed by atoms with van der Waals surface area (Å²) in [6, 6.07) is 20.1. The van der Waals surface area contributed by atoms with Crippen LogP contribution in [0.5, 0.6) is 0 Å². The van der Waals surface area contributed by atoms with E-state index >= 15 is 0 Å². The molecule has 0 saturated carbocycles. The summed E-state index contributed by atoms with van der Waals surface area (Å²) in [7, 11) is -3.89. The molecule has 0 radical (unpaired) electrons. The molecule has 0 fully saturated rings. The maximum absolute atomic E-state index is 12.3. The largest absolute Gasteiger partial charge is 0.313 e. The SMILES string of the molecule is O=[N+]([O-])c1ccccc1S(=O)(=O)NCCCCCCNCc1ccc2ccccc2c1. The van der Waals surface area contributed by atoms with Gasteiger partial charge in [-0.3, -0.25) is 10.1 Å². The van der Waals surface area contributed by atoms with E-state index in [-0.39, 0.29) is 11.4 Å². The molecule has 0 spiro atoms. The number of benzene rings is 3. The molecular formula is C23H27N3O4S. The quantitative estimate of drug-likeness (QED) is 0.247.